The van der Waals surface area contributed by atoms with E-state index in [1.54, 1.807) is 6.08 Å². The van der Waals surface area contributed by atoms with E-state index in [2.05, 4.69) is 24.3 Å². The number of Topliss-reactive ketones (excluding diaryl/α,β-unsaturated/α-hetero) is 1. The van der Waals surface area contributed by atoms with E-state index in [1.165, 1.54) is 7.11 Å². The molecule has 0 aromatic rings. The number of esters is 1. The molecule has 26 heavy (non-hydrogen) atoms. The van der Waals surface area contributed by atoms with Crippen molar-refractivity contribution < 1.29 is 19.1 Å². The topological polar surface area (TPSA) is 60.4 Å². The molecule has 0 aromatic carbocycles. The Morgan fingerprint density at radius 1 is 1.12 bits per heavy atom. The summed E-state index contributed by atoms with van der Waals surface area (Å²) in [6.07, 6.45) is 13.3. The van der Waals surface area contributed by atoms with E-state index in [9.17, 15) is 14.4 Å². The molecule has 1 unspecified atom stereocenters. The van der Waals surface area contributed by atoms with Gasteiger partial charge in [-0.15, -0.1) is 12.6 Å². The Labute approximate surface area is 162 Å². The molecule has 1 rings (SSSR count). The molecule has 0 saturated carbocycles. The number of ether oxygens (including phenoxy) is 1. The number of methoxy groups -OCH3 is 1. The van der Waals surface area contributed by atoms with E-state index < -0.39 is 0 Å². The second-order valence-electron chi connectivity index (χ2n) is 6.89. The summed E-state index contributed by atoms with van der Waals surface area (Å²) >= 11 is 4.46. The summed E-state index contributed by atoms with van der Waals surface area (Å²) in [5, 5.41) is 0. The Hall–Kier alpha value is -1.36. The molecule has 1 aliphatic carbocycles. The average Bonchev–Trinajstić information content (AvgIpc) is 2.89. The molecular weight excluding hydrogens is 348 g/mol. The molecule has 5 heteroatoms. The highest BCUT2D eigenvalue weighted by atomic mass is 32.1. The Morgan fingerprint density at radius 2 is 1.88 bits per heavy atom. The smallest absolute Gasteiger partial charge is 0.305 e. The molecular formula is C21H32O4S. The summed E-state index contributed by atoms with van der Waals surface area (Å²) in [6.45, 7) is 2.13. The van der Waals surface area contributed by atoms with Crippen molar-refractivity contribution in [3.8, 4) is 0 Å². The SMILES string of the molecule is CCCCCC(=O)CCC1C(S)=CC(=O)[C@@H]1C/C=C\CCCC(=O)OC. The first-order valence-corrected chi connectivity index (χ1v) is 10.1. The summed E-state index contributed by atoms with van der Waals surface area (Å²) in [5.74, 6) is 0.147. The minimum Gasteiger partial charge on any atom is -0.469 e. The van der Waals surface area contributed by atoms with Crippen LogP contribution in [-0.2, 0) is 19.1 Å². The van der Waals surface area contributed by atoms with Gasteiger partial charge in [0.2, 0.25) is 0 Å². The molecule has 0 bridgehead atoms. The lowest BCUT2D eigenvalue weighted by Gasteiger charge is -2.18. The fraction of sp³-hybridized carbons (Fsp3) is 0.667. The third-order valence-corrected chi connectivity index (χ3v) is 5.31. The highest BCUT2D eigenvalue weighted by molar-refractivity contribution is 7.84. The minimum atomic E-state index is -0.197. The first-order valence-electron chi connectivity index (χ1n) is 9.67. The van der Waals surface area contributed by atoms with Crippen molar-refractivity contribution in [2.45, 2.75) is 71.1 Å². The van der Waals surface area contributed by atoms with Crippen LogP contribution in [0.1, 0.15) is 71.1 Å². The number of hydrogen-bond donors (Lipinski definition) is 1. The quantitative estimate of drug-likeness (QED) is 0.215. The largest absolute Gasteiger partial charge is 0.469 e. The average molecular weight is 381 g/mol. The number of ketones is 2. The normalized spacial score (nSPS) is 19.8. The van der Waals surface area contributed by atoms with E-state index in [0.717, 1.165) is 37.0 Å². The highest BCUT2D eigenvalue weighted by Gasteiger charge is 2.33. The van der Waals surface area contributed by atoms with Crippen LogP contribution in [0.2, 0.25) is 0 Å². The number of unbranched alkanes of at least 4 members (excludes halogenated alkanes) is 3. The lowest BCUT2D eigenvalue weighted by Crippen LogP contribution is -2.17. The van der Waals surface area contributed by atoms with Gasteiger partial charge in [-0.1, -0.05) is 31.9 Å². The maximum Gasteiger partial charge on any atom is 0.305 e. The Kier molecular flexibility index (Phi) is 11.3. The van der Waals surface area contributed by atoms with Gasteiger partial charge in [-0.3, -0.25) is 14.4 Å². The molecule has 0 saturated heterocycles. The molecule has 0 amide bonds. The third kappa shape index (κ3) is 8.35. The van der Waals surface area contributed by atoms with Crippen LogP contribution in [0.4, 0.5) is 0 Å². The molecule has 0 aromatic heterocycles. The lowest BCUT2D eigenvalue weighted by molar-refractivity contribution is -0.140. The maximum atomic E-state index is 12.2. The second kappa shape index (κ2) is 12.9. The van der Waals surface area contributed by atoms with Crippen LogP contribution in [0.15, 0.2) is 23.1 Å². The first kappa shape index (κ1) is 22.7. The predicted octanol–water partition coefficient (Wildman–Crippen LogP) is 4.83. The molecule has 1 aliphatic rings. The van der Waals surface area contributed by atoms with Crippen LogP contribution in [0, 0.1) is 11.8 Å². The van der Waals surface area contributed by atoms with Crippen molar-refractivity contribution in [2.24, 2.45) is 11.8 Å². The molecule has 0 fully saturated rings. The van der Waals surface area contributed by atoms with Gasteiger partial charge < -0.3 is 4.74 Å². The van der Waals surface area contributed by atoms with Gasteiger partial charge in [0, 0.05) is 31.1 Å². The fourth-order valence-corrected chi connectivity index (χ4v) is 3.67. The van der Waals surface area contributed by atoms with E-state index in [0.29, 0.717) is 32.1 Å². The number of allylic oxidation sites excluding steroid dienone is 4. The summed E-state index contributed by atoms with van der Waals surface area (Å²) in [6, 6.07) is 0. The van der Waals surface area contributed by atoms with E-state index >= 15 is 0 Å². The van der Waals surface area contributed by atoms with Crippen LogP contribution in [0.5, 0.6) is 0 Å². The number of rotatable bonds is 13. The second-order valence-corrected chi connectivity index (χ2v) is 7.41. The summed E-state index contributed by atoms with van der Waals surface area (Å²) in [4.78, 5) is 36.1. The third-order valence-electron chi connectivity index (χ3n) is 4.85. The molecule has 0 aliphatic heterocycles. The maximum absolute atomic E-state index is 12.2. The Bertz CT molecular complexity index is 536. The monoisotopic (exact) mass is 380 g/mol. The van der Waals surface area contributed by atoms with Crippen LogP contribution in [-0.4, -0.2) is 24.6 Å². The molecule has 146 valence electrons. The van der Waals surface area contributed by atoms with Gasteiger partial charge in [0.05, 0.1) is 7.11 Å². The molecule has 0 spiro atoms. The molecule has 0 radical (unpaired) electrons. The van der Waals surface area contributed by atoms with E-state index in [-0.39, 0.29) is 29.4 Å². The summed E-state index contributed by atoms with van der Waals surface area (Å²) < 4.78 is 4.60. The fourth-order valence-electron chi connectivity index (χ4n) is 3.23. The van der Waals surface area contributed by atoms with Gasteiger partial charge >= 0.3 is 5.97 Å². The van der Waals surface area contributed by atoms with Crippen molar-refractivity contribution in [3.05, 3.63) is 23.1 Å². The van der Waals surface area contributed by atoms with Crippen molar-refractivity contribution in [1.82, 2.24) is 0 Å². The molecule has 0 N–H and O–H groups in total. The van der Waals surface area contributed by atoms with Gasteiger partial charge in [-0.25, -0.2) is 0 Å². The van der Waals surface area contributed by atoms with Gasteiger partial charge in [-0.05, 0) is 43.1 Å². The first-order chi connectivity index (χ1) is 12.5. The van der Waals surface area contributed by atoms with Crippen LogP contribution in [0.3, 0.4) is 0 Å². The van der Waals surface area contributed by atoms with Gasteiger partial charge in [0.25, 0.3) is 0 Å². The number of carbonyl (C=O) groups is 3. The van der Waals surface area contributed by atoms with Crippen LogP contribution < -0.4 is 0 Å². The van der Waals surface area contributed by atoms with Crippen molar-refractivity contribution in [1.29, 1.82) is 0 Å². The summed E-state index contributed by atoms with van der Waals surface area (Å²) in [5.41, 5.74) is 0. The van der Waals surface area contributed by atoms with Crippen LogP contribution in [0.25, 0.3) is 0 Å². The number of thiol groups is 1. The number of hydrogen-bond acceptors (Lipinski definition) is 5. The zero-order valence-electron chi connectivity index (χ0n) is 16.0. The van der Waals surface area contributed by atoms with Crippen molar-refractivity contribution in [3.63, 3.8) is 0 Å². The lowest BCUT2D eigenvalue weighted by atomic mass is 9.87. The Morgan fingerprint density at radius 3 is 2.58 bits per heavy atom. The van der Waals surface area contributed by atoms with Gasteiger partial charge in [-0.2, -0.15) is 0 Å². The number of carbonyl (C=O) groups excluding carboxylic acids is 3. The van der Waals surface area contributed by atoms with Crippen molar-refractivity contribution >= 4 is 30.2 Å². The van der Waals surface area contributed by atoms with Crippen molar-refractivity contribution in [2.75, 3.05) is 7.11 Å². The van der Waals surface area contributed by atoms with Gasteiger partial charge in [0.1, 0.15) is 5.78 Å². The summed E-state index contributed by atoms with van der Waals surface area (Å²) in [7, 11) is 1.39. The molecule has 0 heterocycles. The molecule has 2 atom stereocenters. The molecule has 4 nitrogen and oxygen atoms in total. The minimum absolute atomic E-state index is 0.0562. The zero-order valence-corrected chi connectivity index (χ0v) is 16.9. The van der Waals surface area contributed by atoms with Crippen LogP contribution >= 0.6 is 12.6 Å². The van der Waals surface area contributed by atoms with E-state index in [4.69, 9.17) is 0 Å². The van der Waals surface area contributed by atoms with E-state index in [1.807, 2.05) is 12.2 Å². The van der Waals surface area contributed by atoms with Gasteiger partial charge in [0.15, 0.2) is 5.78 Å². The standard InChI is InChI=1S/C21H32O4S/c1-3-4-7-10-16(22)13-14-18-17(19(23)15-20(18)26)11-8-5-6-9-12-21(24)25-2/h5,8,15,17-18,26H,3-4,6-7,9-14H2,1-2H3/b8-5-/t17-,18?/m1/s1. The zero-order chi connectivity index (χ0) is 19.4. The highest BCUT2D eigenvalue weighted by Crippen LogP contribution is 2.37. The Balaban J connectivity index is 2.39. The predicted molar refractivity (Wildman–Crippen MR) is 107 cm³/mol.